The third-order valence-electron chi connectivity index (χ3n) is 4.05. The molecule has 1 N–H and O–H groups in total. The molecule has 0 heterocycles. The van der Waals surface area contributed by atoms with Crippen molar-refractivity contribution in [3.8, 4) is 11.5 Å². The Labute approximate surface area is 163 Å². The summed E-state index contributed by atoms with van der Waals surface area (Å²) >= 11 is 12.7. The van der Waals surface area contributed by atoms with Crippen LogP contribution in [0.3, 0.4) is 0 Å². The summed E-state index contributed by atoms with van der Waals surface area (Å²) < 4.78 is 9.86. The highest BCUT2D eigenvalue weighted by Gasteiger charge is 2.15. The second-order valence-electron chi connectivity index (χ2n) is 5.93. The second-order valence-corrected chi connectivity index (χ2v) is 6.75. The molecule has 0 aliphatic carbocycles. The van der Waals surface area contributed by atoms with Crippen LogP contribution in [0.15, 0.2) is 30.8 Å². The zero-order valence-electron chi connectivity index (χ0n) is 14.9. The molecule has 0 radical (unpaired) electrons. The minimum atomic E-state index is -0.492. The predicted molar refractivity (Wildman–Crippen MR) is 104 cm³/mol. The van der Waals surface area contributed by atoms with E-state index >= 15 is 0 Å². The average Bonchev–Trinajstić information content (AvgIpc) is 2.57. The molecule has 0 spiro atoms. The van der Waals surface area contributed by atoms with E-state index in [1.54, 1.807) is 18.2 Å². The van der Waals surface area contributed by atoms with Crippen LogP contribution >= 0.6 is 23.2 Å². The number of rotatable bonds is 6. The Kier molecular flexibility index (Phi) is 6.57. The molecule has 0 atom stereocenters. The first-order valence-corrected chi connectivity index (χ1v) is 8.65. The third kappa shape index (κ3) is 4.51. The zero-order chi connectivity index (χ0) is 19.4. The van der Waals surface area contributed by atoms with Crippen LogP contribution in [0.25, 0.3) is 5.57 Å². The van der Waals surface area contributed by atoms with Gasteiger partial charge in [-0.1, -0.05) is 35.8 Å². The van der Waals surface area contributed by atoms with E-state index in [1.807, 2.05) is 19.9 Å². The summed E-state index contributed by atoms with van der Waals surface area (Å²) in [5, 5.41) is 10.9. The maximum atomic E-state index is 11.2. The molecule has 0 saturated carbocycles. The van der Waals surface area contributed by atoms with Gasteiger partial charge in [0.25, 0.3) is 0 Å². The molecule has 2 rings (SSSR count). The fourth-order valence-corrected chi connectivity index (χ4v) is 3.30. The van der Waals surface area contributed by atoms with Crippen molar-refractivity contribution >= 4 is 34.7 Å². The summed E-state index contributed by atoms with van der Waals surface area (Å²) in [6.07, 6.45) is 0.487. The molecule has 0 saturated heterocycles. The van der Waals surface area contributed by atoms with Crippen molar-refractivity contribution in [2.24, 2.45) is 0 Å². The van der Waals surface area contributed by atoms with Gasteiger partial charge in [0.2, 0.25) is 0 Å². The Bertz CT molecular complexity index is 836. The van der Waals surface area contributed by atoms with Crippen LogP contribution in [0.2, 0.25) is 10.0 Å². The Balaban J connectivity index is 2.32. The first-order chi connectivity index (χ1) is 12.2. The maximum absolute atomic E-state index is 11.2. The number of halogens is 2. The molecule has 2 aromatic rings. The van der Waals surface area contributed by atoms with E-state index in [2.05, 4.69) is 11.3 Å². The third-order valence-corrected chi connectivity index (χ3v) is 4.72. The van der Waals surface area contributed by atoms with Crippen molar-refractivity contribution < 1.29 is 19.4 Å². The fourth-order valence-electron chi connectivity index (χ4n) is 2.69. The number of benzene rings is 2. The smallest absolute Gasteiger partial charge is 0.343 e. The highest BCUT2D eigenvalue weighted by Crippen LogP contribution is 2.35. The summed E-state index contributed by atoms with van der Waals surface area (Å²) in [6.45, 7) is 7.47. The minimum Gasteiger partial charge on any atom is -0.507 e. The standard InChI is InChI=1S/C20H20Cl2O4/c1-11(2)20-12(3)13(5-6-18(20)23)7-15-16(21)8-14(9-17(15)22)26-10-19(24)25-4/h5-6,8-9,23H,1,7,10H2,2-4H3. The summed E-state index contributed by atoms with van der Waals surface area (Å²) in [4.78, 5) is 11.2. The lowest BCUT2D eigenvalue weighted by Gasteiger charge is -2.15. The van der Waals surface area contributed by atoms with Crippen LogP contribution in [-0.2, 0) is 16.0 Å². The van der Waals surface area contributed by atoms with Crippen molar-refractivity contribution in [2.75, 3.05) is 13.7 Å². The van der Waals surface area contributed by atoms with E-state index in [0.29, 0.717) is 22.2 Å². The van der Waals surface area contributed by atoms with Gasteiger partial charge in [-0.05, 0) is 54.3 Å². The molecule has 0 unspecified atom stereocenters. The van der Waals surface area contributed by atoms with Crippen molar-refractivity contribution in [3.63, 3.8) is 0 Å². The molecule has 6 heteroatoms. The normalized spacial score (nSPS) is 10.5. The number of allylic oxidation sites excluding steroid dienone is 1. The predicted octanol–water partition coefficient (Wildman–Crippen LogP) is 5.18. The van der Waals surface area contributed by atoms with Crippen LogP contribution in [0, 0.1) is 6.92 Å². The lowest BCUT2D eigenvalue weighted by Crippen LogP contribution is -2.12. The molecule has 0 fully saturated rings. The molecule has 0 aromatic heterocycles. The van der Waals surface area contributed by atoms with E-state index < -0.39 is 5.97 Å². The quantitative estimate of drug-likeness (QED) is 0.685. The van der Waals surface area contributed by atoms with E-state index in [9.17, 15) is 9.90 Å². The van der Waals surface area contributed by atoms with Gasteiger partial charge in [-0.25, -0.2) is 4.79 Å². The van der Waals surface area contributed by atoms with E-state index in [4.69, 9.17) is 27.9 Å². The fraction of sp³-hybridized carbons (Fsp3) is 0.250. The molecule has 138 valence electrons. The van der Waals surface area contributed by atoms with Crippen molar-refractivity contribution in [3.05, 3.63) is 63.1 Å². The van der Waals surface area contributed by atoms with Gasteiger partial charge in [0.1, 0.15) is 11.5 Å². The SMILES string of the molecule is C=C(C)c1c(O)ccc(Cc2c(Cl)cc(OCC(=O)OC)cc2Cl)c1C. The van der Waals surface area contributed by atoms with Gasteiger partial charge in [-0.2, -0.15) is 0 Å². The number of hydrogen-bond donors (Lipinski definition) is 1. The van der Waals surface area contributed by atoms with Crippen LogP contribution in [0.5, 0.6) is 11.5 Å². The summed E-state index contributed by atoms with van der Waals surface area (Å²) in [5.74, 6) is 0.0927. The highest BCUT2D eigenvalue weighted by atomic mass is 35.5. The zero-order valence-corrected chi connectivity index (χ0v) is 16.4. The van der Waals surface area contributed by atoms with Crippen LogP contribution < -0.4 is 4.74 Å². The van der Waals surface area contributed by atoms with Crippen LogP contribution in [-0.4, -0.2) is 24.8 Å². The Morgan fingerprint density at radius 1 is 1.23 bits per heavy atom. The molecule has 0 bridgehead atoms. The number of carbonyl (C=O) groups is 1. The van der Waals surface area contributed by atoms with Gasteiger partial charge in [-0.3, -0.25) is 0 Å². The average molecular weight is 395 g/mol. The first kappa shape index (κ1) is 20.1. The lowest BCUT2D eigenvalue weighted by molar-refractivity contribution is -0.142. The van der Waals surface area contributed by atoms with Gasteiger partial charge in [0.15, 0.2) is 6.61 Å². The Morgan fingerprint density at radius 3 is 2.38 bits per heavy atom. The van der Waals surface area contributed by atoms with Crippen LogP contribution in [0.1, 0.15) is 29.2 Å². The van der Waals surface area contributed by atoms with E-state index in [-0.39, 0.29) is 12.4 Å². The monoisotopic (exact) mass is 394 g/mol. The second kappa shape index (κ2) is 8.47. The molecule has 0 aliphatic heterocycles. The number of carbonyl (C=O) groups excluding carboxylic acids is 1. The summed E-state index contributed by atoms with van der Waals surface area (Å²) in [5.41, 5.74) is 4.15. The number of methoxy groups -OCH3 is 1. The molecule has 26 heavy (non-hydrogen) atoms. The minimum absolute atomic E-state index is 0.197. The van der Waals surface area contributed by atoms with E-state index in [0.717, 1.165) is 27.8 Å². The number of aromatic hydroxyl groups is 1. The number of phenols is 1. The number of ether oxygens (including phenoxy) is 2. The first-order valence-electron chi connectivity index (χ1n) is 7.89. The summed E-state index contributed by atoms with van der Waals surface area (Å²) in [6, 6.07) is 6.70. The topological polar surface area (TPSA) is 55.8 Å². The number of phenolic OH excluding ortho intramolecular Hbond substituents is 1. The largest absolute Gasteiger partial charge is 0.507 e. The maximum Gasteiger partial charge on any atom is 0.343 e. The molecular formula is C20H20Cl2O4. The van der Waals surface area contributed by atoms with Gasteiger partial charge in [-0.15, -0.1) is 0 Å². The van der Waals surface area contributed by atoms with Gasteiger partial charge in [0, 0.05) is 22.0 Å². The van der Waals surface area contributed by atoms with Gasteiger partial charge < -0.3 is 14.6 Å². The Morgan fingerprint density at radius 2 is 1.85 bits per heavy atom. The number of esters is 1. The highest BCUT2D eigenvalue weighted by molar-refractivity contribution is 6.36. The van der Waals surface area contributed by atoms with Crippen molar-refractivity contribution in [2.45, 2.75) is 20.3 Å². The molecule has 0 aliphatic rings. The molecule has 0 amide bonds. The number of hydrogen-bond acceptors (Lipinski definition) is 4. The van der Waals surface area contributed by atoms with Gasteiger partial charge >= 0.3 is 5.97 Å². The molecule has 4 nitrogen and oxygen atoms in total. The van der Waals surface area contributed by atoms with E-state index in [1.165, 1.54) is 7.11 Å². The van der Waals surface area contributed by atoms with Crippen LogP contribution in [0.4, 0.5) is 0 Å². The Hall–Kier alpha value is -2.17. The lowest BCUT2D eigenvalue weighted by atomic mass is 9.93. The van der Waals surface area contributed by atoms with Crippen molar-refractivity contribution in [1.29, 1.82) is 0 Å². The van der Waals surface area contributed by atoms with Gasteiger partial charge in [0.05, 0.1) is 7.11 Å². The van der Waals surface area contributed by atoms with Crippen molar-refractivity contribution in [1.82, 2.24) is 0 Å². The summed E-state index contributed by atoms with van der Waals surface area (Å²) in [7, 11) is 1.29. The molecular weight excluding hydrogens is 375 g/mol. The molecule has 2 aromatic carbocycles.